The molecule has 2 atom stereocenters. The van der Waals surface area contributed by atoms with E-state index in [9.17, 15) is 20.0 Å². The van der Waals surface area contributed by atoms with Crippen LogP contribution < -0.4 is 5.32 Å². The van der Waals surface area contributed by atoms with Gasteiger partial charge in [0.2, 0.25) is 0 Å². The number of hydrogen-bond acceptors (Lipinski definition) is 5. The zero-order chi connectivity index (χ0) is 15.1. The van der Waals surface area contributed by atoms with Crippen LogP contribution in [0.2, 0.25) is 0 Å². The van der Waals surface area contributed by atoms with Crippen molar-refractivity contribution in [1.82, 2.24) is 0 Å². The third-order valence-corrected chi connectivity index (χ3v) is 3.99. The molecule has 1 saturated carbocycles. The quantitative estimate of drug-likeness (QED) is 0.573. The molecule has 0 spiro atoms. The molecule has 2 unspecified atom stereocenters. The summed E-state index contributed by atoms with van der Waals surface area (Å²) in [6.07, 6.45) is 0.0579. The fraction of sp³-hybridized carbons (Fsp3) is 0.462. The van der Waals surface area contributed by atoms with Crippen LogP contribution in [0, 0.1) is 15.5 Å². The molecule has 1 aliphatic rings. The number of aliphatic hydroxyl groups is 1. The Morgan fingerprint density at radius 2 is 2.15 bits per heavy atom. The molecule has 0 radical (unpaired) electrons. The van der Waals surface area contributed by atoms with Crippen LogP contribution in [0.3, 0.4) is 0 Å². The van der Waals surface area contributed by atoms with Crippen LogP contribution in [0.25, 0.3) is 0 Å². The number of carboxylic acid groups (broad SMARTS) is 1. The van der Waals surface area contributed by atoms with E-state index in [4.69, 9.17) is 5.11 Å². The summed E-state index contributed by atoms with van der Waals surface area (Å²) in [4.78, 5) is 21.3. The number of hydrogen-bond donors (Lipinski definition) is 3. The van der Waals surface area contributed by atoms with Crippen molar-refractivity contribution in [2.75, 3.05) is 5.32 Å². The Bertz CT molecular complexity index is 570. The van der Waals surface area contributed by atoms with E-state index in [2.05, 4.69) is 5.32 Å². The predicted molar refractivity (Wildman–Crippen MR) is 71.9 cm³/mol. The van der Waals surface area contributed by atoms with Crippen LogP contribution in [0.4, 0.5) is 11.4 Å². The van der Waals surface area contributed by atoms with Crippen LogP contribution in [0.15, 0.2) is 18.2 Å². The van der Waals surface area contributed by atoms with Crippen LogP contribution in [-0.2, 0) is 0 Å². The second-order valence-electron chi connectivity index (χ2n) is 5.56. The van der Waals surface area contributed by atoms with Gasteiger partial charge < -0.3 is 15.5 Å². The smallest absolute Gasteiger partial charge is 0.335 e. The van der Waals surface area contributed by atoms with Gasteiger partial charge in [0.15, 0.2) is 0 Å². The number of carboxylic acids is 1. The molecule has 108 valence electrons. The number of nitrogens with zero attached hydrogens (tertiary/aromatic N) is 1. The number of carbonyl (C=O) groups is 1. The van der Waals surface area contributed by atoms with Crippen molar-refractivity contribution in [3.63, 3.8) is 0 Å². The van der Waals surface area contributed by atoms with Crippen molar-refractivity contribution >= 4 is 17.3 Å². The molecule has 1 aliphatic carbocycles. The number of aliphatic hydroxyl groups excluding tert-OH is 1. The summed E-state index contributed by atoms with van der Waals surface area (Å²) in [5.41, 5.74) is -0.512. The zero-order valence-corrected chi connectivity index (χ0v) is 11.2. The van der Waals surface area contributed by atoms with E-state index >= 15 is 0 Å². The lowest BCUT2D eigenvalue weighted by molar-refractivity contribution is -0.384. The Labute approximate surface area is 115 Å². The van der Waals surface area contributed by atoms with Gasteiger partial charge in [0.05, 0.1) is 16.6 Å². The predicted octanol–water partition coefficient (Wildman–Crippen LogP) is 1.86. The van der Waals surface area contributed by atoms with Gasteiger partial charge in [-0.15, -0.1) is 0 Å². The standard InChI is InChI=1S/C13H16N2O5/c1-13(2)10(6-11(13)16)14-8-4-3-7(12(17)18)5-9(8)15(19)20/h3-5,10-11,14,16H,6H2,1-2H3,(H,17,18). The van der Waals surface area contributed by atoms with Gasteiger partial charge >= 0.3 is 5.97 Å². The van der Waals surface area contributed by atoms with Crippen molar-refractivity contribution in [3.05, 3.63) is 33.9 Å². The van der Waals surface area contributed by atoms with E-state index in [-0.39, 0.29) is 28.4 Å². The summed E-state index contributed by atoms with van der Waals surface area (Å²) in [5, 5.41) is 32.6. The van der Waals surface area contributed by atoms with Crippen molar-refractivity contribution in [1.29, 1.82) is 0 Å². The van der Waals surface area contributed by atoms with Gasteiger partial charge in [-0.25, -0.2) is 4.79 Å². The number of nitro groups is 1. The molecule has 20 heavy (non-hydrogen) atoms. The van der Waals surface area contributed by atoms with Crippen LogP contribution in [0.5, 0.6) is 0 Å². The molecule has 2 rings (SSSR count). The minimum Gasteiger partial charge on any atom is -0.478 e. The summed E-state index contributed by atoms with van der Waals surface area (Å²) < 4.78 is 0. The fourth-order valence-corrected chi connectivity index (χ4v) is 2.27. The SMILES string of the molecule is CC1(C)C(O)CC1Nc1ccc(C(=O)O)cc1[N+](=O)[O-]. The maximum absolute atomic E-state index is 11.0. The highest BCUT2D eigenvalue weighted by atomic mass is 16.6. The van der Waals surface area contributed by atoms with Crippen molar-refractivity contribution in [2.45, 2.75) is 32.4 Å². The fourth-order valence-electron chi connectivity index (χ4n) is 2.27. The Hall–Kier alpha value is -2.15. The molecule has 0 bridgehead atoms. The van der Waals surface area contributed by atoms with Crippen LogP contribution >= 0.6 is 0 Å². The average molecular weight is 280 g/mol. The van der Waals surface area contributed by atoms with E-state index in [0.29, 0.717) is 6.42 Å². The molecule has 0 saturated heterocycles. The van der Waals surface area contributed by atoms with Gasteiger partial charge in [0.25, 0.3) is 5.69 Å². The normalized spacial score (nSPS) is 23.8. The summed E-state index contributed by atoms with van der Waals surface area (Å²) in [6.45, 7) is 3.74. The molecule has 1 aromatic carbocycles. The molecule has 0 aliphatic heterocycles. The van der Waals surface area contributed by atoms with Gasteiger partial charge in [-0.1, -0.05) is 13.8 Å². The lowest BCUT2D eigenvalue weighted by Crippen LogP contribution is -2.56. The highest BCUT2D eigenvalue weighted by Crippen LogP contribution is 2.43. The molecule has 7 nitrogen and oxygen atoms in total. The molecule has 0 heterocycles. The molecule has 3 N–H and O–H groups in total. The molecule has 1 aromatic rings. The van der Waals surface area contributed by atoms with Gasteiger partial charge in [-0.3, -0.25) is 10.1 Å². The second kappa shape index (κ2) is 4.75. The first-order valence-corrected chi connectivity index (χ1v) is 6.20. The highest BCUT2D eigenvalue weighted by Gasteiger charge is 2.47. The van der Waals surface area contributed by atoms with Gasteiger partial charge in [-0.05, 0) is 18.6 Å². The maximum atomic E-state index is 11.0. The number of rotatable bonds is 4. The van der Waals surface area contributed by atoms with Crippen molar-refractivity contribution < 1.29 is 19.9 Å². The summed E-state index contributed by atoms with van der Waals surface area (Å²) in [5.74, 6) is -1.21. The lowest BCUT2D eigenvalue weighted by atomic mass is 9.64. The van der Waals surface area contributed by atoms with E-state index in [1.807, 2.05) is 13.8 Å². The minimum absolute atomic E-state index is 0.0909. The average Bonchev–Trinajstić information content (AvgIpc) is 2.38. The van der Waals surface area contributed by atoms with Crippen molar-refractivity contribution in [3.8, 4) is 0 Å². The van der Waals surface area contributed by atoms with E-state index < -0.39 is 17.0 Å². The monoisotopic (exact) mass is 280 g/mol. The summed E-state index contributed by atoms with van der Waals surface area (Å²) in [7, 11) is 0. The second-order valence-corrected chi connectivity index (χ2v) is 5.56. The Balaban J connectivity index is 2.28. The third-order valence-electron chi connectivity index (χ3n) is 3.99. The number of nitrogens with one attached hydrogen (secondary N) is 1. The molecule has 7 heteroatoms. The van der Waals surface area contributed by atoms with Gasteiger partial charge in [0, 0.05) is 17.5 Å². The van der Waals surface area contributed by atoms with Gasteiger partial charge in [-0.2, -0.15) is 0 Å². The summed E-state index contributed by atoms with van der Waals surface area (Å²) >= 11 is 0. The number of anilines is 1. The maximum Gasteiger partial charge on any atom is 0.335 e. The van der Waals surface area contributed by atoms with E-state index in [0.717, 1.165) is 6.07 Å². The lowest BCUT2D eigenvalue weighted by Gasteiger charge is -2.49. The Morgan fingerprint density at radius 1 is 1.50 bits per heavy atom. The largest absolute Gasteiger partial charge is 0.478 e. The number of aromatic carboxylic acids is 1. The first kappa shape index (κ1) is 14.3. The highest BCUT2D eigenvalue weighted by molar-refractivity contribution is 5.89. The number of nitro benzene ring substituents is 1. The van der Waals surface area contributed by atoms with Crippen molar-refractivity contribution in [2.24, 2.45) is 5.41 Å². The molecular weight excluding hydrogens is 264 g/mol. The number of benzene rings is 1. The van der Waals surface area contributed by atoms with E-state index in [1.54, 1.807) is 0 Å². The van der Waals surface area contributed by atoms with E-state index in [1.165, 1.54) is 12.1 Å². The van der Waals surface area contributed by atoms with Crippen LogP contribution in [-0.4, -0.2) is 33.3 Å². The van der Waals surface area contributed by atoms with Crippen LogP contribution in [0.1, 0.15) is 30.6 Å². The first-order chi connectivity index (χ1) is 9.23. The van der Waals surface area contributed by atoms with Gasteiger partial charge in [0.1, 0.15) is 5.69 Å². The molecule has 0 amide bonds. The molecule has 0 aromatic heterocycles. The molecular formula is C13H16N2O5. The molecule has 1 fully saturated rings. The Morgan fingerprint density at radius 3 is 2.60 bits per heavy atom. The Kier molecular flexibility index (Phi) is 3.39. The summed E-state index contributed by atoms with van der Waals surface area (Å²) in [6, 6.07) is 3.65. The topological polar surface area (TPSA) is 113 Å². The zero-order valence-electron chi connectivity index (χ0n) is 11.2. The minimum atomic E-state index is -1.21. The first-order valence-electron chi connectivity index (χ1n) is 6.20. The third kappa shape index (κ3) is 2.32.